The Bertz CT molecular complexity index is 13.5. The summed E-state index contributed by atoms with van der Waals surface area (Å²) in [5.74, 6) is 0. The van der Waals surface area contributed by atoms with Crippen LogP contribution in [0.1, 0.15) is 0 Å². The van der Waals surface area contributed by atoms with Crippen LogP contribution >= 0.6 is 0 Å². The van der Waals surface area contributed by atoms with E-state index in [1.54, 1.807) is 0 Å². The zero-order valence-electron chi connectivity index (χ0n) is 1.84. The second-order valence-electron chi connectivity index (χ2n) is 0.0745. The van der Waals surface area contributed by atoms with Gasteiger partial charge in [0.25, 0.3) is 0 Å². The number of nitrogens with zero attached hydrogens (tertiary/aromatic N) is 1. The third-order valence-corrected chi connectivity index (χ3v) is 0. The Morgan fingerprint density at radius 2 is 1.75 bits per heavy atom. The molecule has 0 amide bonds. The van der Waals surface area contributed by atoms with E-state index >= 15 is 0 Å². The standard InChI is InChI=1S/HNO2.Y/c2-1-3;/h(H,2,3);/p-1. The molecule has 0 spiro atoms. The Morgan fingerprint density at radius 3 is 1.75 bits per heavy atom. The van der Waals surface area contributed by atoms with Crippen LogP contribution in [0.15, 0.2) is 5.34 Å². The van der Waals surface area contributed by atoms with Crippen LogP contribution in [0.3, 0.4) is 0 Å². The summed E-state index contributed by atoms with van der Waals surface area (Å²) in [5.41, 5.74) is 0. The predicted molar refractivity (Wildman–Crippen MR) is 9.16 cm³/mol. The smallest absolute Gasteiger partial charge is 0 e. The monoisotopic (exact) mass is 135 g/mol. The molecule has 0 rings (SSSR count). The van der Waals surface area contributed by atoms with Crippen molar-refractivity contribution in [3.05, 3.63) is 10.1 Å². The molecule has 4 heteroatoms. The molecule has 0 unspecified atom stereocenters. The van der Waals surface area contributed by atoms with Crippen LogP contribution in [0.25, 0.3) is 0 Å². The molecule has 0 aliphatic carbocycles. The number of rotatable bonds is 0. The van der Waals surface area contributed by atoms with Gasteiger partial charge in [0.2, 0.25) is 0 Å². The molecule has 4 heavy (non-hydrogen) atoms. The van der Waals surface area contributed by atoms with E-state index in [4.69, 9.17) is 10.1 Å². The average Bonchev–Trinajstić information content (AvgIpc) is 0.918. The van der Waals surface area contributed by atoms with E-state index in [-0.39, 0.29) is 32.7 Å². The van der Waals surface area contributed by atoms with Crippen LogP contribution in [0, 0.1) is 10.1 Å². The van der Waals surface area contributed by atoms with Gasteiger partial charge in [-0.1, -0.05) is 0 Å². The van der Waals surface area contributed by atoms with Gasteiger partial charge in [-0.3, -0.25) is 0 Å². The molecule has 0 aliphatic heterocycles. The molecular weight excluding hydrogens is 135 g/mol. The third-order valence-electron chi connectivity index (χ3n) is 0. The maximum atomic E-state index is 8.00. The van der Waals surface area contributed by atoms with Gasteiger partial charge in [-0.2, -0.15) is 0 Å². The molecular formula is NO2Y-. The first kappa shape index (κ1) is 8.82. The summed E-state index contributed by atoms with van der Waals surface area (Å²) < 4.78 is 0. The molecule has 3 nitrogen and oxygen atoms in total. The molecule has 0 aromatic carbocycles. The van der Waals surface area contributed by atoms with E-state index in [9.17, 15) is 0 Å². The molecule has 0 fully saturated rings. The molecule has 0 bridgehead atoms. The third kappa shape index (κ3) is 22.3. The van der Waals surface area contributed by atoms with Crippen molar-refractivity contribution < 1.29 is 32.7 Å². The minimum absolute atomic E-state index is 0. The maximum Gasteiger partial charge on any atom is 0 e. The van der Waals surface area contributed by atoms with Gasteiger partial charge in [0.15, 0.2) is 0 Å². The van der Waals surface area contributed by atoms with Crippen molar-refractivity contribution >= 4 is 0 Å². The summed E-state index contributed by atoms with van der Waals surface area (Å²) in [6.07, 6.45) is 0. The summed E-state index contributed by atoms with van der Waals surface area (Å²) >= 11 is 0. The van der Waals surface area contributed by atoms with Gasteiger partial charge in [0.1, 0.15) is 0 Å². The largest absolute Gasteiger partial charge is 0.444 e. The Balaban J connectivity index is 0. The fourth-order valence-corrected chi connectivity index (χ4v) is 0. The second kappa shape index (κ2) is 9.71. The van der Waals surface area contributed by atoms with Crippen LogP contribution < -0.4 is 0 Å². The van der Waals surface area contributed by atoms with Gasteiger partial charge in [-0.15, -0.1) is 5.34 Å². The fraction of sp³-hybridized carbons (Fsp3) is 0. The number of hydrogen-bond donors (Lipinski definition) is 0. The van der Waals surface area contributed by atoms with Gasteiger partial charge in [-0.05, 0) is 0 Å². The summed E-state index contributed by atoms with van der Waals surface area (Å²) in [5, 5.41) is 9.00. The molecule has 0 aromatic rings. The molecule has 1 radical (unpaired) electrons. The molecule has 21 valence electrons. The van der Waals surface area contributed by atoms with Crippen molar-refractivity contribution in [1.82, 2.24) is 0 Å². The van der Waals surface area contributed by atoms with E-state index < -0.39 is 0 Å². The Labute approximate surface area is 48.2 Å². The molecule has 0 saturated carbocycles. The zero-order chi connectivity index (χ0) is 2.71. The van der Waals surface area contributed by atoms with Crippen LogP contribution in [-0.2, 0) is 32.7 Å². The fourth-order valence-electron chi connectivity index (χ4n) is 0. The molecule has 0 heterocycles. The van der Waals surface area contributed by atoms with Crippen molar-refractivity contribution in [2.24, 2.45) is 5.34 Å². The van der Waals surface area contributed by atoms with Crippen molar-refractivity contribution in [3.63, 3.8) is 0 Å². The number of hydrogen-bond acceptors (Lipinski definition) is 3. The minimum atomic E-state index is 0. The Morgan fingerprint density at radius 1 is 1.75 bits per heavy atom. The van der Waals surface area contributed by atoms with Crippen molar-refractivity contribution in [2.75, 3.05) is 0 Å². The summed E-state index contributed by atoms with van der Waals surface area (Å²) in [6, 6.07) is 0. The maximum absolute atomic E-state index is 8.00. The Hall–Kier alpha value is 0.504. The first-order chi connectivity index (χ1) is 1.41. The minimum Gasteiger partial charge on any atom is -0.444 e. The molecule has 0 saturated heterocycles. The van der Waals surface area contributed by atoms with Crippen LogP contribution in [0.2, 0.25) is 0 Å². The predicted octanol–water partition coefficient (Wildman–Crippen LogP) is 0.248. The summed E-state index contributed by atoms with van der Waals surface area (Å²) in [7, 11) is 0. The van der Waals surface area contributed by atoms with Gasteiger partial charge in [0.05, 0.1) is 0 Å². The van der Waals surface area contributed by atoms with E-state index in [2.05, 4.69) is 0 Å². The van der Waals surface area contributed by atoms with Crippen molar-refractivity contribution in [3.8, 4) is 0 Å². The van der Waals surface area contributed by atoms with Gasteiger partial charge in [0, 0.05) is 32.7 Å². The van der Waals surface area contributed by atoms with E-state index in [0.29, 0.717) is 0 Å². The zero-order valence-corrected chi connectivity index (χ0v) is 4.68. The average molecular weight is 135 g/mol. The topological polar surface area (TPSA) is 52.5 Å². The summed E-state index contributed by atoms with van der Waals surface area (Å²) in [4.78, 5) is 8.00. The van der Waals surface area contributed by atoms with E-state index in [0.717, 1.165) is 5.34 Å². The first-order valence-corrected chi connectivity index (χ1v) is 0.365. The quantitative estimate of drug-likeness (QED) is 0.353. The molecule has 0 aromatic heterocycles. The Kier molecular flexibility index (Phi) is 21.4. The van der Waals surface area contributed by atoms with E-state index in [1.165, 1.54) is 0 Å². The van der Waals surface area contributed by atoms with Crippen LogP contribution in [-0.4, -0.2) is 0 Å². The molecule has 0 atom stereocenters. The second-order valence-corrected chi connectivity index (χ2v) is 0.0745. The van der Waals surface area contributed by atoms with Gasteiger partial charge < -0.3 is 10.1 Å². The normalized spacial score (nSPS) is 3.00. The van der Waals surface area contributed by atoms with Crippen molar-refractivity contribution in [2.45, 2.75) is 0 Å². The molecule has 0 aliphatic rings. The van der Waals surface area contributed by atoms with Crippen LogP contribution in [0.4, 0.5) is 0 Å². The van der Waals surface area contributed by atoms with Gasteiger partial charge in [-0.25, -0.2) is 0 Å². The van der Waals surface area contributed by atoms with Crippen molar-refractivity contribution in [1.29, 1.82) is 0 Å². The van der Waals surface area contributed by atoms with Crippen LogP contribution in [0.5, 0.6) is 0 Å². The van der Waals surface area contributed by atoms with Gasteiger partial charge >= 0.3 is 0 Å². The molecule has 0 N–H and O–H groups in total. The summed E-state index contributed by atoms with van der Waals surface area (Å²) in [6.45, 7) is 0. The SMILES string of the molecule is O=N[O-].[Y]. The first-order valence-electron chi connectivity index (χ1n) is 0.365. The van der Waals surface area contributed by atoms with E-state index in [1.807, 2.05) is 0 Å².